The Morgan fingerprint density at radius 3 is 2.42 bits per heavy atom. The number of fused-ring (bicyclic) bond motifs is 1. The predicted molar refractivity (Wildman–Crippen MR) is 107 cm³/mol. The van der Waals surface area contributed by atoms with Crippen molar-refractivity contribution < 1.29 is 22.7 Å². The summed E-state index contributed by atoms with van der Waals surface area (Å²) in [6.07, 6.45) is -1.48. The minimum Gasteiger partial charge on any atom is -0.437 e. The van der Waals surface area contributed by atoms with E-state index in [1.807, 2.05) is 0 Å². The molecule has 0 bridgehead atoms. The van der Waals surface area contributed by atoms with Crippen LogP contribution in [0.1, 0.15) is 11.1 Å². The molecule has 1 N–H and O–H groups in total. The van der Waals surface area contributed by atoms with Crippen LogP contribution in [0.25, 0.3) is 11.2 Å². The van der Waals surface area contributed by atoms with E-state index >= 15 is 0 Å². The van der Waals surface area contributed by atoms with Crippen LogP contribution in [-0.4, -0.2) is 25.4 Å². The Kier molecular flexibility index (Phi) is 5.28. The number of nitrogens with zero attached hydrogens (tertiary/aromatic N) is 4. The van der Waals surface area contributed by atoms with E-state index in [9.17, 15) is 18.0 Å². The first kappa shape index (κ1) is 20.3. The number of ether oxygens (including phenoxy) is 1. The standard InChI is InChI=1S/C21H16F3N5O2/c1-29-12-27-19-18(29)20(26-11-25-19)31-16-8-6-15(7-9-16)28-17(30)10-13-2-4-14(5-3-13)21(22,23)24/h2-9,11-12H,10H2,1H3,(H,28,30). The van der Waals surface area contributed by atoms with Crippen LogP contribution >= 0.6 is 0 Å². The van der Waals surface area contributed by atoms with E-state index in [0.717, 1.165) is 12.1 Å². The number of aryl methyl sites for hydroxylation is 1. The normalized spacial score (nSPS) is 11.5. The molecule has 158 valence electrons. The van der Waals surface area contributed by atoms with E-state index in [4.69, 9.17) is 4.74 Å². The number of hydrogen-bond donors (Lipinski definition) is 1. The molecule has 10 heteroatoms. The zero-order valence-electron chi connectivity index (χ0n) is 16.2. The number of carbonyl (C=O) groups is 1. The molecule has 0 aliphatic rings. The molecule has 0 fully saturated rings. The molecule has 2 heterocycles. The number of imidazole rings is 1. The third-order valence-electron chi connectivity index (χ3n) is 4.47. The van der Waals surface area contributed by atoms with E-state index in [1.54, 1.807) is 42.2 Å². The van der Waals surface area contributed by atoms with Crippen LogP contribution in [0.2, 0.25) is 0 Å². The van der Waals surface area contributed by atoms with Gasteiger partial charge in [-0.2, -0.15) is 18.2 Å². The molecule has 0 saturated carbocycles. The Hall–Kier alpha value is -3.95. The topological polar surface area (TPSA) is 81.9 Å². The molecule has 0 atom stereocenters. The molecule has 1 amide bonds. The highest BCUT2D eigenvalue weighted by Crippen LogP contribution is 2.29. The van der Waals surface area contributed by atoms with Crippen molar-refractivity contribution in [3.05, 3.63) is 72.3 Å². The molecule has 4 rings (SSSR count). The van der Waals surface area contributed by atoms with Gasteiger partial charge < -0.3 is 14.6 Å². The molecule has 2 aromatic heterocycles. The average molecular weight is 427 g/mol. The second kappa shape index (κ2) is 8.05. The molecule has 7 nitrogen and oxygen atoms in total. The maximum atomic E-state index is 12.6. The van der Waals surface area contributed by atoms with E-state index in [-0.39, 0.29) is 12.3 Å². The van der Waals surface area contributed by atoms with Gasteiger partial charge in [0, 0.05) is 12.7 Å². The maximum Gasteiger partial charge on any atom is 0.416 e. The fraction of sp³-hybridized carbons (Fsp3) is 0.143. The van der Waals surface area contributed by atoms with Crippen LogP contribution in [-0.2, 0) is 24.4 Å². The van der Waals surface area contributed by atoms with Gasteiger partial charge >= 0.3 is 6.18 Å². The zero-order chi connectivity index (χ0) is 22.0. The Bertz CT molecular complexity index is 1220. The minimum atomic E-state index is -4.40. The van der Waals surface area contributed by atoms with Crippen LogP contribution in [0, 0.1) is 0 Å². The molecule has 0 aliphatic carbocycles. The van der Waals surface area contributed by atoms with Gasteiger partial charge in [0.05, 0.1) is 18.3 Å². The number of carbonyl (C=O) groups excluding carboxylic acids is 1. The lowest BCUT2D eigenvalue weighted by molar-refractivity contribution is -0.137. The number of halogens is 3. The molecule has 0 unspecified atom stereocenters. The van der Waals surface area contributed by atoms with E-state index in [0.29, 0.717) is 34.0 Å². The summed E-state index contributed by atoms with van der Waals surface area (Å²) in [5.74, 6) is 0.506. The molecule has 0 radical (unpaired) electrons. The summed E-state index contributed by atoms with van der Waals surface area (Å²) in [5, 5.41) is 2.70. The fourth-order valence-electron chi connectivity index (χ4n) is 2.95. The summed E-state index contributed by atoms with van der Waals surface area (Å²) in [4.78, 5) is 24.6. The van der Waals surface area contributed by atoms with Gasteiger partial charge in [0.2, 0.25) is 11.8 Å². The third-order valence-corrected chi connectivity index (χ3v) is 4.47. The van der Waals surface area contributed by atoms with Crippen LogP contribution in [0.15, 0.2) is 61.2 Å². The van der Waals surface area contributed by atoms with Crippen molar-refractivity contribution in [1.29, 1.82) is 0 Å². The molecule has 4 aromatic rings. The van der Waals surface area contributed by atoms with Crippen molar-refractivity contribution in [2.75, 3.05) is 5.32 Å². The minimum absolute atomic E-state index is 0.0458. The summed E-state index contributed by atoms with van der Waals surface area (Å²) in [7, 11) is 1.81. The first-order chi connectivity index (χ1) is 14.8. The predicted octanol–water partition coefficient (Wildman–Crippen LogP) is 4.36. The van der Waals surface area contributed by atoms with E-state index in [2.05, 4.69) is 20.3 Å². The Morgan fingerprint density at radius 1 is 1.03 bits per heavy atom. The largest absolute Gasteiger partial charge is 0.437 e. The second-order valence-electron chi connectivity index (χ2n) is 6.75. The molecular formula is C21H16F3N5O2. The summed E-state index contributed by atoms with van der Waals surface area (Å²) in [5.41, 5.74) is 1.42. The monoisotopic (exact) mass is 427 g/mol. The first-order valence-corrected chi connectivity index (χ1v) is 9.15. The number of benzene rings is 2. The summed E-state index contributed by atoms with van der Waals surface area (Å²) >= 11 is 0. The highest BCUT2D eigenvalue weighted by Gasteiger charge is 2.29. The summed E-state index contributed by atoms with van der Waals surface area (Å²) in [6.45, 7) is 0. The Labute approximate surface area is 174 Å². The Morgan fingerprint density at radius 2 is 1.74 bits per heavy atom. The Balaban J connectivity index is 1.39. The number of hydrogen-bond acceptors (Lipinski definition) is 5. The maximum absolute atomic E-state index is 12.6. The molecule has 0 spiro atoms. The summed E-state index contributed by atoms with van der Waals surface area (Å²) < 4.78 is 45.4. The van der Waals surface area contributed by atoms with Crippen molar-refractivity contribution in [2.45, 2.75) is 12.6 Å². The lowest BCUT2D eigenvalue weighted by Gasteiger charge is -2.09. The number of amides is 1. The fourth-order valence-corrected chi connectivity index (χ4v) is 2.95. The van der Waals surface area contributed by atoms with Gasteiger partial charge in [-0.25, -0.2) is 9.97 Å². The van der Waals surface area contributed by atoms with Crippen molar-refractivity contribution in [1.82, 2.24) is 19.5 Å². The lowest BCUT2D eigenvalue weighted by atomic mass is 10.1. The second-order valence-corrected chi connectivity index (χ2v) is 6.75. The number of aromatic nitrogens is 4. The van der Waals surface area contributed by atoms with Crippen molar-refractivity contribution in [2.24, 2.45) is 7.05 Å². The highest BCUT2D eigenvalue weighted by molar-refractivity contribution is 5.92. The first-order valence-electron chi connectivity index (χ1n) is 9.15. The quantitative estimate of drug-likeness (QED) is 0.512. The van der Waals surface area contributed by atoms with Gasteiger partial charge in [-0.1, -0.05) is 12.1 Å². The van der Waals surface area contributed by atoms with Gasteiger partial charge in [-0.15, -0.1) is 0 Å². The molecule has 0 saturated heterocycles. The zero-order valence-corrected chi connectivity index (χ0v) is 16.2. The van der Waals surface area contributed by atoms with Crippen LogP contribution in [0.3, 0.4) is 0 Å². The van der Waals surface area contributed by atoms with Gasteiger partial charge in [0.25, 0.3) is 0 Å². The van der Waals surface area contributed by atoms with Crippen molar-refractivity contribution in [3.63, 3.8) is 0 Å². The van der Waals surface area contributed by atoms with E-state index in [1.165, 1.54) is 18.5 Å². The van der Waals surface area contributed by atoms with E-state index < -0.39 is 11.7 Å². The highest BCUT2D eigenvalue weighted by atomic mass is 19.4. The number of alkyl halides is 3. The lowest BCUT2D eigenvalue weighted by Crippen LogP contribution is -2.14. The molecule has 2 aromatic carbocycles. The van der Waals surface area contributed by atoms with Gasteiger partial charge in [0.15, 0.2) is 11.2 Å². The summed E-state index contributed by atoms with van der Waals surface area (Å²) in [6, 6.07) is 11.1. The van der Waals surface area contributed by atoms with Crippen molar-refractivity contribution in [3.8, 4) is 11.6 Å². The molecule has 0 aliphatic heterocycles. The number of nitrogens with one attached hydrogen (secondary N) is 1. The average Bonchev–Trinajstić information content (AvgIpc) is 3.11. The van der Waals surface area contributed by atoms with Gasteiger partial charge in [-0.05, 0) is 42.0 Å². The third kappa shape index (κ3) is 4.63. The van der Waals surface area contributed by atoms with Gasteiger partial charge in [-0.3, -0.25) is 4.79 Å². The molecular weight excluding hydrogens is 411 g/mol. The number of rotatable bonds is 5. The van der Waals surface area contributed by atoms with Crippen LogP contribution in [0.5, 0.6) is 11.6 Å². The van der Waals surface area contributed by atoms with Crippen molar-refractivity contribution >= 4 is 22.8 Å². The van der Waals surface area contributed by atoms with Crippen LogP contribution in [0.4, 0.5) is 18.9 Å². The number of anilines is 1. The molecule has 31 heavy (non-hydrogen) atoms. The van der Waals surface area contributed by atoms with Crippen LogP contribution < -0.4 is 10.1 Å². The van der Waals surface area contributed by atoms with Gasteiger partial charge in [0.1, 0.15) is 12.1 Å². The smallest absolute Gasteiger partial charge is 0.416 e. The SMILES string of the molecule is Cn1cnc2ncnc(Oc3ccc(NC(=O)Cc4ccc(C(F)(F)F)cc4)cc3)c21.